The summed E-state index contributed by atoms with van der Waals surface area (Å²) in [6, 6.07) is 10.3. The van der Waals surface area contributed by atoms with E-state index < -0.39 is 0 Å². The van der Waals surface area contributed by atoms with E-state index in [1.165, 1.54) is 12.1 Å². The first-order valence-electron chi connectivity index (χ1n) is 6.15. The highest BCUT2D eigenvalue weighted by atomic mass is 19.1. The molecule has 0 saturated heterocycles. The summed E-state index contributed by atoms with van der Waals surface area (Å²) in [4.78, 5) is 4.36. The van der Waals surface area contributed by atoms with Crippen molar-refractivity contribution in [3.8, 4) is 5.75 Å². The van der Waals surface area contributed by atoms with Gasteiger partial charge in [0.2, 0.25) is 0 Å². The number of nitrogens with zero attached hydrogens (tertiary/aromatic N) is 1. The molecule has 0 saturated carbocycles. The molecule has 0 aliphatic carbocycles. The van der Waals surface area contributed by atoms with Gasteiger partial charge in [0.15, 0.2) is 0 Å². The zero-order valence-corrected chi connectivity index (χ0v) is 11.1. The van der Waals surface area contributed by atoms with Gasteiger partial charge in [-0.25, -0.2) is 4.39 Å². The van der Waals surface area contributed by atoms with Gasteiger partial charge in [-0.1, -0.05) is 6.07 Å². The maximum Gasteiger partial charge on any atom is 0.123 e. The molecule has 1 heterocycles. The lowest BCUT2D eigenvalue weighted by atomic mass is 9.94. The average Bonchev–Trinajstić information content (AvgIpc) is 2.45. The zero-order valence-electron chi connectivity index (χ0n) is 11.1. The first-order chi connectivity index (χ1) is 9.26. The first-order valence-corrected chi connectivity index (χ1v) is 6.15. The van der Waals surface area contributed by atoms with Crippen molar-refractivity contribution in [2.24, 2.45) is 0 Å². The number of methoxy groups -OCH3 is 1. The minimum absolute atomic E-state index is 0.0446. The highest BCUT2D eigenvalue weighted by molar-refractivity contribution is 5.41. The van der Waals surface area contributed by atoms with Gasteiger partial charge < -0.3 is 10.1 Å². The van der Waals surface area contributed by atoms with Crippen LogP contribution in [0.1, 0.15) is 17.2 Å². The summed E-state index contributed by atoms with van der Waals surface area (Å²) >= 11 is 0. The number of halogens is 1. The summed E-state index contributed by atoms with van der Waals surface area (Å²) in [5.41, 5.74) is 1.69. The lowest BCUT2D eigenvalue weighted by molar-refractivity contribution is 0.405. The molecule has 1 N–H and O–H groups in total. The van der Waals surface area contributed by atoms with Crippen LogP contribution in [0, 0.1) is 5.82 Å². The quantitative estimate of drug-likeness (QED) is 0.897. The lowest BCUT2D eigenvalue weighted by Gasteiger charge is -2.19. The van der Waals surface area contributed by atoms with Gasteiger partial charge in [0.1, 0.15) is 11.6 Å². The van der Waals surface area contributed by atoms with Crippen LogP contribution in [0.3, 0.4) is 0 Å². The standard InChI is InChI=1S/C15H17FN2O/c1-17-10-13(14-5-3-4-8-18-14)12-9-11(16)6-7-15(12)19-2/h3-9,13,17H,10H2,1-2H3. The SMILES string of the molecule is CNCC(c1ccccn1)c1cc(F)ccc1OC. The summed E-state index contributed by atoms with van der Waals surface area (Å²) < 4.78 is 18.8. The number of rotatable bonds is 5. The molecular formula is C15H17FN2O. The molecule has 0 bridgehead atoms. The minimum Gasteiger partial charge on any atom is -0.496 e. The highest BCUT2D eigenvalue weighted by Gasteiger charge is 2.19. The number of hydrogen-bond donors (Lipinski definition) is 1. The maximum atomic E-state index is 13.5. The smallest absolute Gasteiger partial charge is 0.123 e. The predicted molar refractivity (Wildman–Crippen MR) is 73.0 cm³/mol. The molecule has 1 unspecified atom stereocenters. The van der Waals surface area contributed by atoms with Crippen molar-refractivity contribution >= 4 is 0 Å². The van der Waals surface area contributed by atoms with E-state index in [-0.39, 0.29) is 11.7 Å². The number of hydrogen-bond acceptors (Lipinski definition) is 3. The van der Waals surface area contributed by atoms with Gasteiger partial charge in [-0.15, -0.1) is 0 Å². The Kier molecular flexibility index (Phi) is 4.47. The molecule has 1 aromatic carbocycles. The summed E-state index contributed by atoms with van der Waals surface area (Å²) in [5.74, 6) is 0.358. The largest absolute Gasteiger partial charge is 0.496 e. The third-order valence-electron chi connectivity index (χ3n) is 3.02. The molecule has 2 aromatic rings. The lowest BCUT2D eigenvalue weighted by Crippen LogP contribution is -2.19. The number of nitrogens with one attached hydrogen (secondary N) is 1. The molecule has 1 aromatic heterocycles. The Balaban J connectivity index is 2.47. The monoisotopic (exact) mass is 260 g/mol. The van der Waals surface area contributed by atoms with Crippen LogP contribution in [0.15, 0.2) is 42.6 Å². The minimum atomic E-state index is -0.271. The first kappa shape index (κ1) is 13.5. The van der Waals surface area contributed by atoms with E-state index in [2.05, 4.69) is 10.3 Å². The van der Waals surface area contributed by atoms with Gasteiger partial charge in [-0.05, 0) is 37.4 Å². The molecule has 0 aliphatic heterocycles. The van der Waals surface area contributed by atoms with Crippen LogP contribution in [0.25, 0.3) is 0 Å². The van der Waals surface area contributed by atoms with Gasteiger partial charge in [-0.2, -0.15) is 0 Å². The molecule has 0 radical (unpaired) electrons. The predicted octanol–water partition coefficient (Wildman–Crippen LogP) is 2.58. The molecule has 3 nitrogen and oxygen atoms in total. The average molecular weight is 260 g/mol. The van der Waals surface area contributed by atoms with Crippen LogP contribution in [0.4, 0.5) is 4.39 Å². The van der Waals surface area contributed by atoms with Crippen molar-refractivity contribution in [2.45, 2.75) is 5.92 Å². The molecule has 1 atom stereocenters. The molecule has 100 valence electrons. The number of benzene rings is 1. The van der Waals surface area contributed by atoms with E-state index in [4.69, 9.17) is 4.74 Å². The van der Waals surface area contributed by atoms with E-state index in [0.717, 1.165) is 11.3 Å². The Hall–Kier alpha value is -1.94. The number of likely N-dealkylation sites (N-methyl/N-ethyl adjacent to an activating group) is 1. The van der Waals surface area contributed by atoms with Crippen LogP contribution >= 0.6 is 0 Å². The molecule has 4 heteroatoms. The van der Waals surface area contributed by atoms with Crippen molar-refractivity contribution in [1.29, 1.82) is 0 Å². The Morgan fingerprint density at radius 2 is 2.16 bits per heavy atom. The number of aromatic nitrogens is 1. The Morgan fingerprint density at radius 1 is 1.32 bits per heavy atom. The van der Waals surface area contributed by atoms with Crippen molar-refractivity contribution in [3.63, 3.8) is 0 Å². The fraction of sp³-hybridized carbons (Fsp3) is 0.267. The molecule has 0 amide bonds. The second-order valence-corrected chi connectivity index (χ2v) is 4.25. The van der Waals surface area contributed by atoms with Crippen LogP contribution in [0.2, 0.25) is 0 Å². The van der Waals surface area contributed by atoms with E-state index in [1.807, 2.05) is 25.2 Å². The summed E-state index contributed by atoms with van der Waals surface area (Å²) in [6.07, 6.45) is 1.74. The fourth-order valence-corrected chi connectivity index (χ4v) is 2.14. The molecule has 19 heavy (non-hydrogen) atoms. The van der Waals surface area contributed by atoms with Crippen LogP contribution in [-0.4, -0.2) is 25.7 Å². The van der Waals surface area contributed by atoms with Gasteiger partial charge in [0.25, 0.3) is 0 Å². The molecule has 0 fully saturated rings. The Labute approximate surface area is 112 Å². The fourth-order valence-electron chi connectivity index (χ4n) is 2.14. The molecule has 2 rings (SSSR count). The van der Waals surface area contributed by atoms with E-state index >= 15 is 0 Å². The van der Waals surface area contributed by atoms with Crippen LogP contribution in [0.5, 0.6) is 5.75 Å². The van der Waals surface area contributed by atoms with E-state index in [0.29, 0.717) is 12.3 Å². The highest BCUT2D eigenvalue weighted by Crippen LogP contribution is 2.31. The van der Waals surface area contributed by atoms with Crippen LogP contribution < -0.4 is 10.1 Å². The second kappa shape index (κ2) is 6.29. The third kappa shape index (κ3) is 3.09. The molecule has 0 aliphatic rings. The van der Waals surface area contributed by atoms with Crippen molar-refractivity contribution in [1.82, 2.24) is 10.3 Å². The van der Waals surface area contributed by atoms with Gasteiger partial charge in [0.05, 0.1) is 7.11 Å². The van der Waals surface area contributed by atoms with E-state index in [1.54, 1.807) is 19.4 Å². The normalized spacial score (nSPS) is 12.2. The van der Waals surface area contributed by atoms with Gasteiger partial charge in [0, 0.05) is 29.9 Å². The summed E-state index contributed by atoms with van der Waals surface area (Å²) in [7, 11) is 3.45. The van der Waals surface area contributed by atoms with Crippen molar-refractivity contribution in [3.05, 3.63) is 59.7 Å². The zero-order chi connectivity index (χ0) is 13.7. The van der Waals surface area contributed by atoms with Crippen molar-refractivity contribution < 1.29 is 9.13 Å². The summed E-state index contributed by atoms with van der Waals surface area (Å²) in [6.45, 7) is 0.664. The van der Waals surface area contributed by atoms with Crippen molar-refractivity contribution in [2.75, 3.05) is 20.7 Å². The van der Waals surface area contributed by atoms with Gasteiger partial charge in [-0.3, -0.25) is 4.98 Å². The summed E-state index contributed by atoms with van der Waals surface area (Å²) in [5, 5.41) is 3.12. The Bertz CT molecular complexity index is 531. The molecule has 0 spiro atoms. The maximum absolute atomic E-state index is 13.5. The van der Waals surface area contributed by atoms with Crippen LogP contribution in [-0.2, 0) is 0 Å². The molecular weight excluding hydrogens is 243 g/mol. The van der Waals surface area contributed by atoms with E-state index in [9.17, 15) is 4.39 Å². The number of ether oxygens (including phenoxy) is 1. The Morgan fingerprint density at radius 3 is 2.79 bits per heavy atom. The van der Waals surface area contributed by atoms with Gasteiger partial charge >= 0.3 is 0 Å². The number of pyridine rings is 1. The topological polar surface area (TPSA) is 34.2 Å². The second-order valence-electron chi connectivity index (χ2n) is 4.25. The third-order valence-corrected chi connectivity index (χ3v) is 3.02.